The van der Waals surface area contributed by atoms with E-state index < -0.39 is 0 Å². The smallest absolute Gasteiger partial charge is 0.134 e. The molecule has 0 radical (unpaired) electrons. The Kier molecular flexibility index (Phi) is 3.85. The highest BCUT2D eigenvalue weighted by Crippen LogP contribution is 2.29. The molecule has 1 fully saturated rings. The zero-order valence-corrected chi connectivity index (χ0v) is 13.5. The molecule has 1 atom stereocenters. The largest absolute Gasteiger partial charge is 0.467 e. The summed E-state index contributed by atoms with van der Waals surface area (Å²) in [5, 5.41) is 10.8. The maximum absolute atomic E-state index is 9.47. The second-order valence-electron chi connectivity index (χ2n) is 5.62. The number of benzene rings is 1. The summed E-state index contributed by atoms with van der Waals surface area (Å²) in [7, 11) is 0. The Bertz CT molecular complexity index is 918. The van der Waals surface area contributed by atoms with Gasteiger partial charge in [-0.25, -0.2) is 4.98 Å². The van der Waals surface area contributed by atoms with Crippen LogP contribution in [0.2, 0.25) is 5.02 Å². The van der Waals surface area contributed by atoms with Crippen LogP contribution >= 0.6 is 11.6 Å². The fourth-order valence-corrected chi connectivity index (χ4v) is 3.11. The van der Waals surface area contributed by atoms with Crippen molar-refractivity contribution in [2.24, 2.45) is 0 Å². The number of rotatable bonds is 2. The molecule has 6 heteroatoms. The minimum atomic E-state index is -0.137. The summed E-state index contributed by atoms with van der Waals surface area (Å²) in [6.45, 7) is 1.92. The van der Waals surface area contributed by atoms with E-state index in [1.54, 1.807) is 18.4 Å². The van der Waals surface area contributed by atoms with Crippen LogP contribution in [0, 0.1) is 11.3 Å². The normalized spacial score (nSPS) is 17.8. The Morgan fingerprint density at radius 2 is 2.21 bits per heavy atom. The molecule has 4 rings (SSSR count). The van der Waals surface area contributed by atoms with Gasteiger partial charge in [-0.2, -0.15) is 5.26 Å². The molecule has 0 spiro atoms. The maximum Gasteiger partial charge on any atom is 0.134 e. The van der Waals surface area contributed by atoms with Gasteiger partial charge in [-0.15, -0.1) is 0 Å². The lowest BCUT2D eigenvalue weighted by molar-refractivity contribution is 0.0255. The van der Waals surface area contributed by atoms with E-state index in [1.807, 2.05) is 24.3 Å². The average molecular weight is 340 g/mol. The molecule has 1 saturated heterocycles. The van der Waals surface area contributed by atoms with Gasteiger partial charge in [-0.05, 0) is 36.4 Å². The minimum Gasteiger partial charge on any atom is -0.467 e. The van der Waals surface area contributed by atoms with Crippen molar-refractivity contribution in [2.45, 2.75) is 6.10 Å². The van der Waals surface area contributed by atoms with Gasteiger partial charge in [-0.1, -0.05) is 11.6 Å². The summed E-state index contributed by atoms with van der Waals surface area (Å²) >= 11 is 6.04. The van der Waals surface area contributed by atoms with Gasteiger partial charge < -0.3 is 14.1 Å². The lowest BCUT2D eigenvalue weighted by Gasteiger charge is -2.33. The SMILES string of the molecule is N#Cc1cc(N2CCOC(c3ccco3)C2)nc2ccc(Cl)cc12. The highest BCUT2D eigenvalue weighted by atomic mass is 35.5. The molecule has 1 unspecified atom stereocenters. The van der Waals surface area contributed by atoms with Gasteiger partial charge in [-0.3, -0.25) is 0 Å². The highest BCUT2D eigenvalue weighted by molar-refractivity contribution is 6.31. The van der Waals surface area contributed by atoms with Crippen LogP contribution in [-0.4, -0.2) is 24.7 Å². The Balaban J connectivity index is 1.71. The Morgan fingerprint density at radius 3 is 3.00 bits per heavy atom. The molecule has 0 N–H and O–H groups in total. The molecule has 120 valence electrons. The molecule has 24 heavy (non-hydrogen) atoms. The number of fused-ring (bicyclic) bond motifs is 1. The number of halogens is 1. The first-order valence-electron chi connectivity index (χ1n) is 7.65. The number of aromatic nitrogens is 1. The topological polar surface area (TPSA) is 62.3 Å². The van der Waals surface area contributed by atoms with Gasteiger partial charge >= 0.3 is 0 Å². The molecule has 2 aromatic heterocycles. The van der Waals surface area contributed by atoms with E-state index in [9.17, 15) is 5.26 Å². The van der Waals surface area contributed by atoms with E-state index in [-0.39, 0.29) is 6.10 Å². The number of nitrogens with zero attached hydrogens (tertiary/aromatic N) is 3. The van der Waals surface area contributed by atoms with Crippen molar-refractivity contribution >= 4 is 28.3 Å². The number of hydrogen-bond acceptors (Lipinski definition) is 5. The zero-order valence-electron chi connectivity index (χ0n) is 12.8. The Morgan fingerprint density at radius 1 is 1.29 bits per heavy atom. The van der Waals surface area contributed by atoms with Crippen LogP contribution in [0.25, 0.3) is 10.9 Å². The molecule has 0 bridgehead atoms. The second kappa shape index (κ2) is 6.16. The number of furan rings is 1. The predicted molar refractivity (Wildman–Crippen MR) is 91.1 cm³/mol. The average Bonchev–Trinajstić information content (AvgIpc) is 3.15. The van der Waals surface area contributed by atoms with E-state index >= 15 is 0 Å². The molecule has 0 amide bonds. The quantitative estimate of drug-likeness (QED) is 0.708. The van der Waals surface area contributed by atoms with Gasteiger partial charge in [0.05, 0.1) is 36.6 Å². The fourth-order valence-electron chi connectivity index (χ4n) is 2.94. The van der Waals surface area contributed by atoms with E-state index in [1.165, 1.54) is 0 Å². The van der Waals surface area contributed by atoms with Crippen molar-refractivity contribution in [1.82, 2.24) is 4.98 Å². The van der Waals surface area contributed by atoms with Gasteiger partial charge in [0.2, 0.25) is 0 Å². The highest BCUT2D eigenvalue weighted by Gasteiger charge is 2.25. The number of morpholine rings is 1. The molecular formula is C18H14ClN3O2. The van der Waals surface area contributed by atoms with Gasteiger partial charge in [0.25, 0.3) is 0 Å². The summed E-state index contributed by atoms with van der Waals surface area (Å²) in [6.07, 6.45) is 1.51. The number of pyridine rings is 1. The predicted octanol–water partition coefficient (Wildman–Crippen LogP) is 3.93. The zero-order chi connectivity index (χ0) is 16.5. The van der Waals surface area contributed by atoms with E-state index in [2.05, 4.69) is 11.0 Å². The van der Waals surface area contributed by atoms with Gasteiger partial charge in [0, 0.05) is 17.0 Å². The first-order valence-corrected chi connectivity index (χ1v) is 8.03. The van der Waals surface area contributed by atoms with Gasteiger partial charge in [0.15, 0.2) is 0 Å². The maximum atomic E-state index is 9.47. The van der Waals surface area contributed by atoms with Crippen molar-refractivity contribution < 1.29 is 9.15 Å². The van der Waals surface area contributed by atoms with Crippen LogP contribution in [0.4, 0.5) is 5.82 Å². The fraction of sp³-hybridized carbons (Fsp3) is 0.222. The Hall–Kier alpha value is -2.55. The van der Waals surface area contributed by atoms with Crippen molar-refractivity contribution in [3.8, 4) is 6.07 Å². The van der Waals surface area contributed by atoms with Crippen molar-refractivity contribution in [2.75, 3.05) is 24.6 Å². The lowest BCUT2D eigenvalue weighted by atomic mass is 10.1. The summed E-state index contributed by atoms with van der Waals surface area (Å²) in [4.78, 5) is 6.81. The van der Waals surface area contributed by atoms with Crippen molar-refractivity contribution in [3.05, 3.63) is 59.0 Å². The summed E-state index contributed by atoms with van der Waals surface area (Å²) in [6, 6.07) is 13.2. The number of anilines is 1. The number of hydrogen-bond donors (Lipinski definition) is 0. The van der Waals surface area contributed by atoms with Crippen LogP contribution < -0.4 is 4.90 Å². The molecule has 3 heterocycles. The molecule has 1 aliphatic rings. The van der Waals surface area contributed by atoms with Crippen LogP contribution in [0.15, 0.2) is 47.1 Å². The minimum absolute atomic E-state index is 0.137. The first kappa shape index (κ1) is 15.0. The van der Waals surface area contributed by atoms with Crippen molar-refractivity contribution in [3.63, 3.8) is 0 Å². The Labute approximate surface area is 144 Å². The van der Waals surface area contributed by atoms with Crippen molar-refractivity contribution in [1.29, 1.82) is 5.26 Å². The molecular weight excluding hydrogens is 326 g/mol. The van der Waals surface area contributed by atoms with E-state index in [0.717, 1.165) is 22.5 Å². The van der Waals surface area contributed by atoms with Crippen LogP contribution in [0.3, 0.4) is 0 Å². The molecule has 3 aromatic rings. The first-order chi connectivity index (χ1) is 11.7. The van der Waals surface area contributed by atoms with Crippen LogP contribution in [-0.2, 0) is 4.74 Å². The standard InChI is InChI=1S/C18H14ClN3O2/c19-13-3-4-15-14(9-13)12(10-20)8-18(21-15)22-5-7-24-17(11-22)16-2-1-6-23-16/h1-4,6,8-9,17H,5,7,11H2. The summed E-state index contributed by atoms with van der Waals surface area (Å²) in [5.74, 6) is 1.56. The third-order valence-corrected chi connectivity index (χ3v) is 4.36. The molecule has 0 aliphatic carbocycles. The third kappa shape index (κ3) is 2.71. The third-order valence-electron chi connectivity index (χ3n) is 4.13. The number of ether oxygens (including phenoxy) is 1. The van der Waals surface area contributed by atoms with Gasteiger partial charge in [0.1, 0.15) is 17.7 Å². The molecule has 1 aliphatic heterocycles. The second-order valence-corrected chi connectivity index (χ2v) is 6.06. The number of nitriles is 1. The monoisotopic (exact) mass is 339 g/mol. The molecule has 0 saturated carbocycles. The van der Waals surface area contributed by atoms with E-state index in [0.29, 0.717) is 30.3 Å². The van der Waals surface area contributed by atoms with Crippen LogP contribution in [0.1, 0.15) is 17.4 Å². The summed E-state index contributed by atoms with van der Waals surface area (Å²) in [5.41, 5.74) is 1.33. The molecule has 1 aromatic carbocycles. The van der Waals surface area contributed by atoms with E-state index in [4.69, 9.17) is 25.7 Å². The summed E-state index contributed by atoms with van der Waals surface area (Å²) < 4.78 is 11.2. The molecule has 5 nitrogen and oxygen atoms in total. The van der Waals surface area contributed by atoms with Crippen LogP contribution in [0.5, 0.6) is 0 Å². The lowest BCUT2D eigenvalue weighted by Crippen LogP contribution is -2.38.